The van der Waals surface area contributed by atoms with E-state index in [0.717, 1.165) is 73.4 Å². The minimum atomic E-state index is -0.775. The first kappa shape index (κ1) is 21.8. The summed E-state index contributed by atoms with van der Waals surface area (Å²) in [6, 6.07) is 4.78. The standard InChI is InChI=1S/C24H24BrFN4OS/c1-24(18-7-5-17(26)14-20(18)25)19(6-4-16-2-3-16)21(15-30-9-11-31-12-10-30)28-22(29-24)23-27-8-13-32-23/h5,7-8,13-14,16H,2-3,9-12,15H2,1H3,(H,28,29)/t24-/m0/s1. The van der Waals surface area contributed by atoms with E-state index in [1.54, 1.807) is 23.6 Å². The molecule has 2 aromatic rings. The summed E-state index contributed by atoms with van der Waals surface area (Å²) in [5.41, 5.74) is 2.07. The molecule has 0 bridgehead atoms. The van der Waals surface area contributed by atoms with Gasteiger partial charge in [0.15, 0.2) is 10.8 Å². The Morgan fingerprint density at radius 2 is 2.16 bits per heavy atom. The van der Waals surface area contributed by atoms with Gasteiger partial charge in [0.05, 0.1) is 18.8 Å². The molecule has 2 fully saturated rings. The molecule has 3 aliphatic rings. The van der Waals surface area contributed by atoms with Crippen molar-refractivity contribution in [3.8, 4) is 11.8 Å². The highest BCUT2D eigenvalue weighted by molar-refractivity contribution is 9.10. The molecule has 1 aliphatic carbocycles. The normalized spacial score (nSPS) is 23.9. The molecule has 0 spiro atoms. The SMILES string of the molecule is C[C@@]1(c2ccc(F)cc2Br)N=C(c2nccs2)NC(CN2CCOCC2)=C1C#CC1CC1. The van der Waals surface area contributed by atoms with Gasteiger partial charge in [-0.1, -0.05) is 33.8 Å². The van der Waals surface area contributed by atoms with Gasteiger partial charge in [-0.25, -0.2) is 14.4 Å². The lowest BCUT2D eigenvalue weighted by molar-refractivity contribution is 0.0416. The third-order valence-corrected chi connectivity index (χ3v) is 7.38. The smallest absolute Gasteiger partial charge is 0.163 e. The second-order valence-electron chi connectivity index (χ2n) is 8.40. The fourth-order valence-corrected chi connectivity index (χ4v) is 5.35. The fraction of sp³-hybridized carbons (Fsp3) is 0.417. The first-order valence-corrected chi connectivity index (χ1v) is 12.5. The number of hydrogen-bond acceptors (Lipinski definition) is 6. The van der Waals surface area contributed by atoms with Gasteiger partial charge in [-0.15, -0.1) is 11.3 Å². The number of ether oxygens (including phenoxy) is 1. The molecule has 1 aromatic carbocycles. The van der Waals surface area contributed by atoms with Crippen LogP contribution < -0.4 is 5.32 Å². The minimum Gasteiger partial charge on any atom is -0.379 e. The predicted octanol–water partition coefficient (Wildman–Crippen LogP) is 4.31. The Kier molecular flexibility index (Phi) is 6.17. The number of amidine groups is 1. The van der Waals surface area contributed by atoms with Crippen molar-refractivity contribution in [3.63, 3.8) is 0 Å². The van der Waals surface area contributed by atoms with Crippen molar-refractivity contribution < 1.29 is 9.13 Å². The van der Waals surface area contributed by atoms with E-state index in [1.165, 1.54) is 12.1 Å². The number of hydrogen-bond donors (Lipinski definition) is 1. The van der Waals surface area contributed by atoms with Crippen LogP contribution >= 0.6 is 27.3 Å². The first-order chi connectivity index (χ1) is 15.5. The summed E-state index contributed by atoms with van der Waals surface area (Å²) in [4.78, 5) is 12.0. The van der Waals surface area contributed by atoms with E-state index in [9.17, 15) is 4.39 Å². The summed E-state index contributed by atoms with van der Waals surface area (Å²) >= 11 is 5.13. The number of nitrogens with one attached hydrogen (secondary N) is 1. The molecular formula is C24H24BrFN4OS. The average Bonchev–Trinajstić information content (AvgIpc) is 3.43. The van der Waals surface area contributed by atoms with E-state index < -0.39 is 5.54 Å². The molecule has 1 saturated carbocycles. The summed E-state index contributed by atoms with van der Waals surface area (Å²) < 4.78 is 20.2. The molecule has 2 aliphatic heterocycles. The molecular weight excluding hydrogens is 491 g/mol. The number of thiazole rings is 1. The Labute approximate surface area is 199 Å². The maximum Gasteiger partial charge on any atom is 0.163 e. The molecule has 3 heterocycles. The van der Waals surface area contributed by atoms with Crippen molar-refractivity contribution in [2.24, 2.45) is 10.9 Å². The molecule has 1 aromatic heterocycles. The lowest BCUT2D eigenvalue weighted by Crippen LogP contribution is -2.45. The lowest BCUT2D eigenvalue weighted by atomic mass is 9.82. The van der Waals surface area contributed by atoms with E-state index in [2.05, 4.69) is 49.9 Å². The van der Waals surface area contributed by atoms with Gasteiger partial charge in [0.25, 0.3) is 0 Å². The molecule has 0 amide bonds. The summed E-state index contributed by atoms with van der Waals surface area (Å²) in [6.45, 7) is 5.98. The Hall–Kier alpha value is -2.05. The van der Waals surface area contributed by atoms with Gasteiger partial charge < -0.3 is 10.1 Å². The number of aliphatic imine (C=N–C) groups is 1. The topological polar surface area (TPSA) is 49.8 Å². The van der Waals surface area contributed by atoms with Crippen molar-refractivity contribution in [2.45, 2.75) is 25.3 Å². The zero-order chi connectivity index (χ0) is 22.1. The van der Waals surface area contributed by atoms with Crippen LogP contribution in [0, 0.1) is 23.6 Å². The number of rotatable bonds is 4. The van der Waals surface area contributed by atoms with E-state index >= 15 is 0 Å². The number of benzene rings is 1. The molecule has 0 radical (unpaired) electrons. The average molecular weight is 515 g/mol. The first-order valence-electron chi connectivity index (χ1n) is 10.8. The van der Waals surface area contributed by atoms with Crippen molar-refractivity contribution >= 4 is 33.1 Å². The maximum atomic E-state index is 13.9. The highest BCUT2D eigenvalue weighted by atomic mass is 79.9. The van der Waals surface area contributed by atoms with Crippen LogP contribution in [0.1, 0.15) is 30.3 Å². The van der Waals surface area contributed by atoms with Crippen molar-refractivity contribution in [1.82, 2.24) is 15.2 Å². The highest BCUT2D eigenvalue weighted by Crippen LogP contribution is 2.42. The molecule has 1 atom stereocenters. The molecule has 166 valence electrons. The molecule has 32 heavy (non-hydrogen) atoms. The van der Waals surface area contributed by atoms with Crippen LogP contribution in [0.5, 0.6) is 0 Å². The quantitative estimate of drug-likeness (QED) is 0.617. The minimum absolute atomic E-state index is 0.287. The Balaban J connectivity index is 1.65. The zero-order valence-corrected chi connectivity index (χ0v) is 20.2. The number of aromatic nitrogens is 1. The van der Waals surface area contributed by atoms with Gasteiger partial charge in [-0.3, -0.25) is 4.90 Å². The largest absolute Gasteiger partial charge is 0.379 e. The monoisotopic (exact) mass is 514 g/mol. The predicted molar refractivity (Wildman–Crippen MR) is 128 cm³/mol. The van der Waals surface area contributed by atoms with E-state index in [1.807, 2.05) is 5.38 Å². The van der Waals surface area contributed by atoms with Crippen LogP contribution in [0.25, 0.3) is 0 Å². The summed E-state index contributed by atoms with van der Waals surface area (Å²) in [5.74, 6) is 7.82. The second-order valence-corrected chi connectivity index (χ2v) is 10.2. The Morgan fingerprint density at radius 3 is 2.84 bits per heavy atom. The van der Waals surface area contributed by atoms with Crippen LogP contribution in [0.3, 0.4) is 0 Å². The fourth-order valence-electron chi connectivity index (χ4n) is 4.03. The van der Waals surface area contributed by atoms with E-state index in [4.69, 9.17) is 9.73 Å². The van der Waals surface area contributed by atoms with Crippen molar-refractivity contribution in [1.29, 1.82) is 0 Å². The van der Waals surface area contributed by atoms with Gasteiger partial charge >= 0.3 is 0 Å². The number of nitrogens with zero attached hydrogens (tertiary/aromatic N) is 3. The summed E-state index contributed by atoms with van der Waals surface area (Å²) in [7, 11) is 0. The summed E-state index contributed by atoms with van der Waals surface area (Å²) in [5, 5.41) is 6.32. The second kappa shape index (κ2) is 9.06. The molecule has 8 heteroatoms. The Bertz CT molecular complexity index is 1130. The lowest BCUT2D eigenvalue weighted by Gasteiger charge is -2.36. The third-order valence-electron chi connectivity index (χ3n) is 5.95. The molecule has 1 saturated heterocycles. The molecule has 5 rings (SSSR count). The summed E-state index contributed by atoms with van der Waals surface area (Å²) in [6.07, 6.45) is 4.08. The zero-order valence-electron chi connectivity index (χ0n) is 17.8. The van der Waals surface area contributed by atoms with Crippen LogP contribution in [-0.2, 0) is 10.3 Å². The number of halogens is 2. The molecule has 5 nitrogen and oxygen atoms in total. The highest BCUT2D eigenvalue weighted by Gasteiger charge is 2.39. The van der Waals surface area contributed by atoms with Crippen molar-refractivity contribution in [3.05, 3.63) is 61.9 Å². The van der Waals surface area contributed by atoms with Gasteiger partial charge in [-0.2, -0.15) is 0 Å². The number of morpholine rings is 1. The van der Waals surface area contributed by atoms with Crippen molar-refractivity contribution in [2.75, 3.05) is 32.8 Å². The van der Waals surface area contributed by atoms with Crippen LogP contribution in [-0.4, -0.2) is 48.6 Å². The van der Waals surface area contributed by atoms with Crippen LogP contribution in [0.4, 0.5) is 4.39 Å². The molecule has 0 unspecified atom stereocenters. The molecule has 1 N–H and O–H groups in total. The van der Waals surface area contributed by atoms with Gasteiger partial charge in [0.2, 0.25) is 0 Å². The van der Waals surface area contributed by atoms with Gasteiger partial charge in [0, 0.05) is 47.3 Å². The third kappa shape index (κ3) is 4.53. The van der Waals surface area contributed by atoms with Gasteiger partial charge in [-0.05, 0) is 37.5 Å². The van der Waals surface area contributed by atoms with E-state index in [-0.39, 0.29) is 5.82 Å². The van der Waals surface area contributed by atoms with Gasteiger partial charge in [0.1, 0.15) is 11.4 Å². The maximum absolute atomic E-state index is 13.9. The Morgan fingerprint density at radius 1 is 1.34 bits per heavy atom. The van der Waals surface area contributed by atoms with Crippen LogP contribution in [0.2, 0.25) is 0 Å². The van der Waals surface area contributed by atoms with E-state index in [0.29, 0.717) is 10.4 Å². The van der Waals surface area contributed by atoms with Crippen LogP contribution in [0.15, 0.2) is 50.5 Å².